The van der Waals surface area contributed by atoms with Crippen molar-refractivity contribution in [1.29, 1.82) is 0 Å². The molecule has 1 saturated heterocycles. The number of hydrogen-bond acceptors (Lipinski definition) is 6. The summed E-state index contributed by atoms with van der Waals surface area (Å²) in [5.74, 6) is 1.42. The Bertz CT molecular complexity index is 424. The molecule has 0 radical (unpaired) electrons. The van der Waals surface area contributed by atoms with Gasteiger partial charge in [0.25, 0.3) is 0 Å². The van der Waals surface area contributed by atoms with E-state index in [1.165, 1.54) is 0 Å². The normalized spacial score (nSPS) is 39.1. The Morgan fingerprint density at radius 2 is 1.12 bits per heavy atom. The van der Waals surface area contributed by atoms with Crippen LogP contribution < -0.4 is 0 Å². The molecule has 1 fully saturated rings. The molecule has 16 heavy (non-hydrogen) atoms. The van der Waals surface area contributed by atoms with E-state index < -0.39 is 14.3 Å². The van der Waals surface area contributed by atoms with Gasteiger partial charge in [-0.1, -0.05) is 0 Å². The van der Waals surface area contributed by atoms with Gasteiger partial charge >= 0.3 is 94.9 Å². The number of hydrogen-bond donors (Lipinski definition) is 0. The summed E-state index contributed by atoms with van der Waals surface area (Å²) >= 11 is 0. The molecule has 3 aliphatic heterocycles. The van der Waals surface area contributed by atoms with Gasteiger partial charge in [0.15, 0.2) is 0 Å². The van der Waals surface area contributed by atoms with Crippen LogP contribution in [-0.4, -0.2) is 47.6 Å². The maximum absolute atomic E-state index is 6.01. The molecule has 0 N–H and O–H groups in total. The Kier molecular flexibility index (Phi) is 1.36. The molecular formula is C8H18N4O2P2. The van der Waals surface area contributed by atoms with Gasteiger partial charge in [0, 0.05) is 0 Å². The summed E-state index contributed by atoms with van der Waals surface area (Å²) in [4.78, 5) is 0. The van der Waals surface area contributed by atoms with E-state index in [0.717, 1.165) is 0 Å². The number of rotatable bonds is 0. The molecule has 0 bridgehead atoms. The molecule has 0 aromatic carbocycles. The summed E-state index contributed by atoms with van der Waals surface area (Å²) in [5, 5.41) is 9.05. The number of fused-ring (bicyclic) bond motifs is 4. The van der Waals surface area contributed by atoms with Crippen LogP contribution in [0.15, 0.2) is 10.2 Å². The van der Waals surface area contributed by atoms with Gasteiger partial charge in [-0.25, -0.2) is 0 Å². The first-order chi connectivity index (χ1) is 7.06. The fraction of sp³-hybridized carbons (Fsp3) is 0.750. The summed E-state index contributed by atoms with van der Waals surface area (Å²) in [6, 6.07) is 0. The predicted molar refractivity (Wildman–Crippen MR) is 69.6 cm³/mol. The van der Waals surface area contributed by atoms with Crippen LogP contribution in [0.2, 0.25) is 0 Å². The molecule has 0 saturated carbocycles. The molecule has 8 heteroatoms. The van der Waals surface area contributed by atoms with Crippen LogP contribution in [0.25, 0.3) is 0 Å². The van der Waals surface area contributed by atoms with Crippen molar-refractivity contribution < 1.29 is 9.05 Å². The average Bonchev–Trinajstić information content (AvgIpc) is 2.45. The van der Waals surface area contributed by atoms with E-state index in [2.05, 4.69) is 46.0 Å². The standard InChI is InChI=1S/C8H18N4O2P2/c1-7-9-11-15(3,4,13-7)12-10-8(2)14-16(11,12,5)6/h1-6H3. The van der Waals surface area contributed by atoms with Crippen molar-refractivity contribution in [2.24, 2.45) is 10.2 Å². The first kappa shape index (κ1) is 10.5. The fourth-order valence-corrected chi connectivity index (χ4v) is 19.5. The zero-order valence-corrected chi connectivity index (χ0v) is 12.3. The Labute approximate surface area is 95.5 Å². The van der Waals surface area contributed by atoms with Crippen molar-refractivity contribution in [3.8, 4) is 0 Å². The summed E-state index contributed by atoms with van der Waals surface area (Å²) in [6.45, 7) is 12.2. The van der Waals surface area contributed by atoms with Gasteiger partial charge in [-0.2, -0.15) is 0 Å². The molecular weight excluding hydrogens is 246 g/mol. The minimum atomic E-state index is -2.61. The topological polar surface area (TPSA) is 49.7 Å². The third-order valence-corrected chi connectivity index (χ3v) is 15.5. The van der Waals surface area contributed by atoms with Crippen LogP contribution in [0, 0.1) is 0 Å². The molecule has 0 amide bonds. The summed E-state index contributed by atoms with van der Waals surface area (Å²) in [7, 11) is -5.23. The van der Waals surface area contributed by atoms with Gasteiger partial charge in [0.1, 0.15) is 0 Å². The quantitative estimate of drug-likeness (QED) is 0.630. The zero-order chi connectivity index (χ0) is 12.0. The summed E-state index contributed by atoms with van der Waals surface area (Å²) in [6.07, 6.45) is 0. The van der Waals surface area contributed by atoms with Gasteiger partial charge in [-0.05, 0) is 0 Å². The molecule has 0 unspecified atom stereocenters. The number of nitrogens with zero attached hydrogens (tertiary/aromatic N) is 4. The predicted octanol–water partition coefficient (Wildman–Crippen LogP) is 2.45. The fourth-order valence-electron chi connectivity index (χ4n) is 3.28. The van der Waals surface area contributed by atoms with Crippen molar-refractivity contribution in [2.75, 3.05) is 26.7 Å². The summed E-state index contributed by atoms with van der Waals surface area (Å²) < 4.78 is 16.2. The molecule has 3 heterocycles. The SMILES string of the molecule is CC1=NN2P(C)(C)(O1)N1N=C(C)OP21(C)C. The Balaban J connectivity index is 2.20. The van der Waals surface area contributed by atoms with Crippen molar-refractivity contribution in [2.45, 2.75) is 13.8 Å². The van der Waals surface area contributed by atoms with E-state index >= 15 is 0 Å². The van der Waals surface area contributed by atoms with Gasteiger partial charge in [0.2, 0.25) is 0 Å². The van der Waals surface area contributed by atoms with Gasteiger partial charge < -0.3 is 0 Å². The van der Waals surface area contributed by atoms with Crippen LogP contribution in [0.4, 0.5) is 0 Å². The summed E-state index contributed by atoms with van der Waals surface area (Å²) in [5.41, 5.74) is 0. The maximum atomic E-state index is 6.01. The van der Waals surface area contributed by atoms with Gasteiger partial charge in [-0.15, -0.1) is 0 Å². The van der Waals surface area contributed by atoms with E-state index in [1.54, 1.807) is 0 Å². The Morgan fingerprint density at radius 1 is 0.812 bits per heavy atom. The van der Waals surface area contributed by atoms with Crippen molar-refractivity contribution >= 4 is 26.1 Å². The minimum absolute atomic E-state index is 0.709. The monoisotopic (exact) mass is 264 g/mol. The first-order valence-corrected chi connectivity index (χ1v) is 11.1. The molecule has 6 nitrogen and oxygen atoms in total. The molecule has 0 aromatic heterocycles. The van der Waals surface area contributed by atoms with Crippen LogP contribution >= 0.6 is 14.3 Å². The van der Waals surface area contributed by atoms with E-state index in [1.807, 2.05) is 13.8 Å². The Hall–Kier alpha value is -0.600. The van der Waals surface area contributed by atoms with E-state index in [9.17, 15) is 0 Å². The zero-order valence-electron chi connectivity index (χ0n) is 10.5. The number of hydrazone groups is 2. The molecule has 0 aromatic rings. The van der Waals surface area contributed by atoms with E-state index in [-0.39, 0.29) is 0 Å². The average molecular weight is 264 g/mol. The third kappa shape index (κ3) is 0.780. The second kappa shape index (κ2) is 2.06. The molecule has 0 atom stereocenters. The van der Waals surface area contributed by atoms with Crippen molar-refractivity contribution in [3.05, 3.63) is 0 Å². The van der Waals surface area contributed by atoms with E-state index in [4.69, 9.17) is 9.05 Å². The van der Waals surface area contributed by atoms with Crippen LogP contribution in [0.1, 0.15) is 13.8 Å². The Morgan fingerprint density at radius 3 is 1.44 bits per heavy atom. The van der Waals surface area contributed by atoms with Crippen LogP contribution in [0.3, 0.4) is 0 Å². The molecule has 0 spiro atoms. The van der Waals surface area contributed by atoms with Gasteiger partial charge in [-0.3, -0.25) is 0 Å². The molecule has 3 aliphatic rings. The molecule has 0 aliphatic carbocycles. The second-order valence-electron chi connectivity index (χ2n) is 5.69. The van der Waals surface area contributed by atoms with E-state index in [0.29, 0.717) is 11.8 Å². The molecule has 3 rings (SSSR count). The van der Waals surface area contributed by atoms with Crippen molar-refractivity contribution in [1.82, 2.24) is 9.10 Å². The molecule has 92 valence electrons. The van der Waals surface area contributed by atoms with Crippen LogP contribution in [0.5, 0.6) is 0 Å². The second-order valence-corrected chi connectivity index (χ2v) is 15.7. The first-order valence-electron chi connectivity index (χ1n) is 5.21. The van der Waals surface area contributed by atoms with Crippen LogP contribution in [-0.2, 0) is 9.05 Å². The third-order valence-electron chi connectivity index (χ3n) is 3.30. The van der Waals surface area contributed by atoms with Gasteiger partial charge in [0.05, 0.1) is 0 Å². The van der Waals surface area contributed by atoms with Crippen molar-refractivity contribution in [3.63, 3.8) is 0 Å².